The highest BCUT2D eigenvalue weighted by molar-refractivity contribution is 5.90. The van der Waals surface area contributed by atoms with Gasteiger partial charge < -0.3 is 9.84 Å². The van der Waals surface area contributed by atoms with Gasteiger partial charge in [0.1, 0.15) is 5.75 Å². The van der Waals surface area contributed by atoms with Crippen LogP contribution in [0.5, 0.6) is 5.75 Å². The lowest BCUT2D eigenvalue weighted by molar-refractivity contribution is 0.202. The Morgan fingerprint density at radius 3 is 2.15 bits per heavy atom. The number of rotatable bonds is 7. The minimum Gasteiger partial charge on any atom is -0.465 e. The molecule has 0 aliphatic rings. The number of ether oxygens (including phenoxy) is 1. The molecule has 0 fully saturated rings. The molecule has 0 saturated heterocycles. The third-order valence-electron chi connectivity index (χ3n) is 3.48. The van der Waals surface area contributed by atoms with Gasteiger partial charge in [-0.1, -0.05) is 36.4 Å². The van der Waals surface area contributed by atoms with Crippen molar-refractivity contribution in [1.29, 1.82) is 0 Å². The van der Waals surface area contributed by atoms with E-state index in [0.29, 0.717) is 11.4 Å². The number of amides is 2. The number of anilines is 2. The molecule has 2 rings (SSSR count). The lowest BCUT2D eigenvalue weighted by atomic mass is 10.2. The number of carbonyl (C=O) groups excluding carboxylic acids is 1. The molecule has 2 amide bonds. The van der Waals surface area contributed by atoms with E-state index in [9.17, 15) is 14.7 Å². The molecule has 6 heteroatoms. The topological polar surface area (TPSA) is 70.1 Å². The quantitative estimate of drug-likeness (QED) is 0.742. The van der Waals surface area contributed by atoms with Crippen LogP contribution >= 0.6 is 0 Å². The van der Waals surface area contributed by atoms with E-state index in [1.165, 1.54) is 17.0 Å². The highest BCUT2D eigenvalue weighted by Gasteiger charge is 2.18. The third kappa shape index (κ3) is 4.73. The van der Waals surface area contributed by atoms with E-state index >= 15 is 0 Å². The van der Waals surface area contributed by atoms with E-state index in [-0.39, 0.29) is 18.8 Å². The smallest absolute Gasteiger partial charge is 0.420 e. The van der Waals surface area contributed by atoms with Gasteiger partial charge in [0, 0.05) is 24.8 Å². The molecule has 0 bridgehead atoms. The second-order valence-electron chi connectivity index (χ2n) is 5.28. The van der Waals surface area contributed by atoms with Gasteiger partial charge in [0.25, 0.3) is 0 Å². The number of para-hydroxylation sites is 1. The number of carboxylic acid groups (broad SMARTS) is 1. The van der Waals surface area contributed by atoms with E-state index in [1.54, 1.807) is 36.4 Å². The van der Waals surface area contributed by atoms with Crippen molar-refractivity contribution >= 4 is 23.6 Å². The zero-order valence-corrected chi connectivity index (χ0v) is 14.2. The second kappa shape index (κ2) is 9.08. The van der Waals surface area contributed by atoms with Gasteiger partial charge in [-0.25, -0.2) is 9.59 Å². The van der Waals surface area contributed by atoms with E-state index in [2.05, 4.69) is 13.2 Å². The molecule has 0 saturated carbocycles. The zero-order chi connectivity index (χ0) is 18.9. The Bertz CT molecular complexity index is 789. The van der Waals surface area contributed by atoms with Gasteiger partial charge in [0.15, 0.2) is 0 Å². The predicted molar refractivity (Wildman–Crippen MR) is 102 cm³/mol. The molecule has 26 heavy (non-hydrogen) atoms. The van der Waals surface area contributed by atoms with E-state index < -0.39 is 12.2 Å². The van der Waals surface area contributed by atoms with E-state index in [4.69, 9.17) is 4.74 Å². The lowest BCUT2D eigenvalue weighted by Gasteiger charge is -2.21. The highest BCUT2D eigenvalue weighted by Crippen LogP contribution is 2.23. The zero-order valence-electron chi connectivity index (χ0n) is 14.2. The van der Waals surface area contributed by atoms with Crippen LogP contribution in [0.4, 0.5) is 21.0 Å². The van der Waals surface area contributed by atoms with Gasteiger partial charge in [0.05, 0.1) is 5.69 Å². The molecule has 0 aliphatic carbocycles. The molecule has 2 aromatic rings. The molecule has 0 atom stereocenters. The third-order valence-corrected chi connectivity index (χ3v) is 3.48. The fourth-order valence-corrected chi connectivity index (χ4v) is 2.32. The molecule has 2 aromatic carbocycles. The Labute approximate surface area is 152 Å². The first kappa shape index (κ1) is 18.8. The first-order chi connectivity index (χ1) is 12.6. The molecule has 0 aliphatic heterocycles. The fourth-order valence-electron chi connectivity index (χ4n) is 2.32. The van der Waals surface area contributed by atoms with Gasteiger partial charge in [-0.3, -0.25) is 9.80 Å². The van der Waals surface area contributed by atoms with Crippen LogP contribution in [0, 0.1) is 0 Å². The van der Waals surface area contributed by atoms with Crippen molar-refractivity contribution in [3.05, 3.63) is 79.9 Å². The van der Waals surface area contributed by atoms with Gasteiger partial charge in [-0.05, 0) is 24.3 Å². The standard InChI is InChI=1S/C20H20N2O4/c1-3-13-21(19(23)24)17-11-8-12-18(15-17)26-20(25)22(14-4-2)16-9-6-5-7-10-16/h3-12,15H,1-2,13-14H2,(H,23,24). The summed E-state index contributed by atoms with van der Waals surface area (Å²) in [6.45, 7) is 7.61. The van der Waals surface area contributed by atoms with Crippen molar-refractivity contribution in [2.75, 3.05) is 22.9 Å². The van der Waals surface area contributed by atoms with E-state index in [1.807, 2.05) is 18.2 Å². The summed E-state index contributed by atoms with van der Waals surface area (Å²) in [7, 11) is 0. The molecule has 0 spiro atoms. The van der Waals surface area contributed by atoms with E-state index in [0.717, 1.165) is 4.90 Å². The van der Waals surface area contributed by atoms with Crippen LogP contribution in [-0.4, -0.2) is 30.4 Å². The Morgan fingerprint density at radius 1 is 0.923 bits per heavy atom. The highest BCUT2D eigenvalue weighted by atomic mass is 16.6. The SMILES string of the molecule is C=CCN(C(=O)O)c1cccc(OC(=O)N(CC=C)c2ccccc2)c1. The van der Waals surface area contributed by atoms with Crippen molar-refractivity contribution in [3.8, 4) is 5.75 Å². The summed E-state index contributed by atoms with van der Waals surface area (Å²) in [6, 6.07) is 15.4. The summed E-state index contributed by atoms with van der Waals surface area (Å²) in [4.78, 5) is 26.4. The van der Waals surface area contributed by atoms with Crippen LogP contribution in [0.25, 0.3) is 0 Å². The van der Waals surface area contributed by atoms with Crippen LogP contribution in [0.3, 0.4) is 0 Å². The Balaban J connectivity index is 2.22. The van der Waals surface area contributed by atoms with Crippen LogP contribution in [0.2, 0.25) is 0 Å². The monoisotopic (exact) mass is 352 g/mol. The molecule has 1 N–H and O–H groups in total. The van der Waals surface area contributed by atoms with Crippen molar-refractivity contribution in [2.45, 2.75) is 0 Å². The molecular weight excluding hydrogens is 332 g/mol. The molecular formula is C20H20N2O4. The maximum absolute atomic E-state index is 12.6. The molecule has 6 nitrogen and oxygen atoms in total. The summed E-state index contributed by atoms with van der Waals surface area (Å²) in [5.74, 6) is 0.243. The number of benzene rings is 2. The van der Waals surface area contributed by atoms with Crippen molar-refractivity contribution in [1.82, 2.24) is 0 Å². The van der Waals surface area contributed by atoms with Gasteiger partial charge in [0.2, 0.25) is 0 Å². The van der Waals surface area contributed by atoms with Crippen LogP contribution in [0.1, 0.15) is 0 Å². The van der Waals surface area contributed by atoms with Crippen LogP contribution < -0.4 is 14.5 Å². The van der Waals surface area contributed by atoms with Gasteiger partial charge in [-0.15, -0.1) is 13.2 Å². The Hall–Kier alpha value is -3.54. The summed E-state index contributed by atoms with van der Waals surface area (Å²) in [5, 5.41) is 9.29. The second-order valence-corrected chi connectivity index (χ2v) is 5.28. The molecule has 0 radical (unpaired) electrons. The van der Waals surface area contributed by atoms with Crippen molar-refractivity contribution in [3.63, 3.8) is 0 Å². The lowest BCUT2D eigenvalue weighted by Crippen LogP contribution is -2.33. The molecule has 134 valence electrons. The minimum absolute atomic E-state index is 0.124. The first-order valence-electron chi connectivity index (χ1n) is 7.93. The normalized spacial score (nSPS) is 9.85. The maximum Gasteiger partial charge on any atom is 0.420 e. The summed E-state index contributed by atoms with van der Waals surface area (Å²) < 4.78 is 5.43. The number of nitrogens with zero attached hydrogens (tertiary/aromatic N) is 2. The Kier molecular flexibility index (Phi) is 6.56. The average molecular weight is 352 g/mol. The Morgan fingerprint density at radius 2 is 1.54 bits per heavy atom. The molecule has 0 unspecified atom stereocenters. The summed E-state index contributed by atoms with van der Waals surface area (Å²) in [6.07, 6.45) is 1.37. The largest absolute Gasteiger partial charge is 0.465 e. The molecule has 0 aromatic heterocycles. The number of hydrogen-bond donors (Lipinski definition) is 1. The van der Waals surface area contributed by atoms with Crippen molar-refractivity contribution < 1.29 is 19.4 Å². The van der Waals surface area contributed by atoms with Gasteiger partial charge in [-0.2, -0.15) is 0 Å². The number of carbonyl (C=O) groups is 2. The van der Waals surface area contributed by atoms with Crippen LogP contribution in [-0.2, 0) is 0 Å². The maximum atomic E-state index is 12.6. The summed E-state index contributed by atoms with van der Waals surface area (Å²) >= 11 is 0. The average Bonchev–Trinajstić information content (AvgIpc) is 2.64. The van der Waals surface area contributed by atoms with Crippen LogP contribution in [0.15, 0.2) is 79.9 Å². The van der Waals surface area contributed by atoms with Crippen molar-refractivity contribution in [2.24, 2.45) is 0 Å². The first-order valence-corrected chi connectivity index (χ1v) is 7.93. The minimum atomic E-state index is -1.12. The predicted octanol–water partition coefficient (Wildman–Crippen LogP) is 4.55. The molecule has 0 heterocycles. The van der Waals surface area contributed by atoms with Gasteiger partial charge >= 0.3 is 12.2 Å². The summed E-state index contributed by atoms with van der Waals surface area (Å²) in [5.41, 5.74) is 1.06. The number of hydrogen-bond acceptors (Lipinski definition) is 3. The fraction of sp³-hybridized carbons (Fsp3) is 0.100.